The van der Waals surface area contributed by atoms with Gasteiger partial charge in [0.05, 0.1) is 0 Å². The van der Waals surface area contributed by atoms with Gasteiger partial charge in [-0.3, -0.25) is 9.69 Å². The summed E-state index contributed by atoms with van der Waals surface area (Å²) in [4.78, 5) is 14.1. The Hall–Kier alpha value is -1.15. The second-order valence-electron chi connectivity index (χ2n) is 5.03. The van der Waals surface area contributed by atoms with Gasteiger partial charge in [0.2, 0.25) is 0 Å². The topological polar surface area (TPSA) is 20.3 Å². The van der Waals surface area contributed by atoms with E-state index in [4.69, 9.17) is 0 Å². The SMILES string of the molecule is C[C@@H]1CN2CCC(=O)C[C@H]2c2ccccc21. The van der Waals surface area contributed by atoms with E-state index in [0.717, 1.165) is 19.5 Å². The first-order valence-corrected chi connectivity index (χ1v) is 6.10. The van der Waals surface area contributed by atoms with Crippen molar-refractivity contribution in [1.82, 2.24) is 4.90 Å². The maximum Gasteiger partial charge on any atom is 0.136 e. The van der Waals surface area contributed by atoms with Gasteiger partial charge in [-0.1, -0.05) is 31.2 Å². The summed E-state index contributed by atoms with van der Waals surface area (Å²) >= 11 is 0. The number of ketones is 1. The first-order chi connectivity index (χ1) is 7.75. The van der Waals surface area contributed by atoms with E-state index >= 15 is 0 Å². The summed E-state index contributed by atoms with van der Waals surface area (Å²) in [6.07, 6.45) is 1.45. The third kappa shape index (κ3) is 1.49. The van der Waals surface area contributed by atoms with E-state index in [1.807, 2.05) is 0 Å². The first-order valence-electron chi connectivity index (χ1n) is 6.10. The van der Waals surface area contributed by atoms with Crippen molar-refractivity contribution in [1.29, 1.82) is 0 Å². The molecule has 0 aromatic heterocycles. The van der Waals surface area contributed by atoms with Crippen molar-refractivity contribution in [3.8, 4) is 0 Å². The number of Topliss-reactive ketones (excluding diaryl/α,β-unsaturated/α-hetero) is 1. The van der Waals surface area contributed by atoms with Gasteiger partial charge in [-0.15, -0.1) is 0 Å². The lowest BCUT2D eigenvalue weighted by atomic mass is 9.82. The van der Waals surface area contributed by atoms with Gasteiger partial charge in [0, 0.05) is 32.0 Å². The zero-order valence-electron chi connectivity index (χ0n) is 9.65. The van der Waals surface area contributed by atoms with Crippen molar-refractivity contribution in [2.75, 3.05) is 13.1 Å². The predicted molar refractivity (Wildman–Crippen MR) is 63.4 cm³/mol. The molecule has 2 heterocycles. The molecule has 0 spiro atoms. The number of carbonyl (C=O) groups excluding carboxylic acids is 1. The first kappa shape index (κ1) is 10.0. The highest BCUT2D eigenvalue weighted by molar-refractivity contribution is 5.80. The molecule has 0 unspecified atom stereocenters. The summed E-state index contributed by atoms with van der Waals surface area (Å²) in [5, 5.41) is 0. The van der Waals surface area contributed by atoms with Crippen LogP contribution < -0.4 is 0 Å². The van der Waals surface area contributed by atoms with Crippen molar-refractivity contribution in [2.24, 2.45) is 0 Å². The van der Waals surface area contributed by atoms with Gasteiger partial charge in [-0.05, 0) is 17.0 Å². The number of benzene rings is 1. The quantitative estimate of drug-likeness (QED) is 0.662. The van der Waals surface area contributed by atoms with Gasteiger partial charge in [-0.25, -0.2) is 0 Å². The van der Waals surface area contributed by atoms with Crippen molar-refractivity contribution < 1.29 is 4.79 Å². The number of piperidine rings is 1. The molecule has 0 radical (unpaired) electrons. The summed E-state index contributed by atoms with van der Waals surface area (Å²) in [5.41, 5.74) is 2.83. The van der Waals surface area contributed by atoms with Crippen molar-refractivity contribution in [3.05, 3.63) is 35.4 Å². The fourth-order valence-corrected chi connectivity index (χ4v) is 3.11. The van der Waals surface area contributed by atoms with E-state index in [-0.39, 0.29) is 0 Å². The molecule has 0 N–H and O–H groups in total. The van der Waals surface area contributed by atoms with Crippen LogP contribution in [0.25, 0.3) is 0 Å². The second-order valence-corrected chi connectivity index (χ2v) is 5.03. The average Bonchev–Trinajstić information content (AvgIpc) is 2.31. The highest BCUT2D eigenvalue weighted by atomic mass is 16.1. The largest absolute Gasteiger partial charge is 0.300 e. The fraction of sp³-hybridized carbons (Fsp3) is 0.500. The molecule has 2 aliphatic heterocycles. The van der Waals surface area contributed by atoms with E-state index in [1.165, 1.54) is 11.1 Å². The Morgan fingerprint density at radius 1 is 1.25 bits per heavy atom. The second kappa shape index (κ2) is 3.70. The third-order valence-electron chi connectivity index (χ3n) is 3.93. The highest BCUT2D eigenvalue weighted by Crippen LogP contribution is 2.39. The zero-order chi connectivity index (χ0) is 11.1. The van der Waals surface area contributed by atoms with E-state index in [1.54, 1.807) is 0 Å². The van der Waals surface area contributed by atoms with E-state index < -0.39 is 0 Å². The molecular weight excluding hydrogens is 198 g/mol. The molecule has 16 heavy (non-hydrogen) atoms. The maximum absolute atomic E-state index is 11.6. The van der Waals surface area contributed by atoms with Gasteiger partial charge in [0.25, 0.3) is 0 Å². The lowest BCUT2D eigenvalue weighted by Gasteiger charge is -2.42. The van der Waals surface area contributed by atoms with Crippen LogP contribution >= 0.6 is 0 Å². The van der Waals surface area contributed by atoms with Crippen LogP contribution in [0.2, 0.25) is 0 Å². The van der Waals surface area contributed by atoms with Crippen molar-refractivity contribution in [3.63, 3.8) is 0 Å². The highest BCUT2D eigenvalue weighted by Gasteiger charge is 2.34. The van der Waals surface area contributed by atoms with Gasteiger partial charge < -0.3 is 0 Å². The molecule has 0 aliphatic carbocycles. The minimum atomic E-state index is 0.355. The minimum absolute atomic E-state index is 0.355. The lowest BCUT2D eigenvalue weighted by Crippen LogP contribution is -2.42. The smallest absolute Gasteiger partial charge is 0.136 e. The molecule has 0 amide bonds. The summed E-state index contributed by atoms with van der Waals surface area (Å²) < 4.78 is 0. The summed E-state index contributed by atoms with van der Waals surface area (Å²) in [7, 11) is 0. The summed E-state index contributed by atoms with van der Waals surface area (Å²) in [5.74, 6) is 1.02. The van der Waals surface area contributed by atoms with E-state index in [9.17, 15) is 4.79 Å². The monoisotopic (exact) mass is 215 g/mol. The van der Waals surface area contributed by atoms with Gasteiger partial charge in [0.15, 0.2) is 0 Å². The van der Waals surface area contributed by atoms with Crippen LogP contribution in [-0.4, -0.2) is 23.8 Å². The number of nitrogens with zero attached hydrogens (tertiary/aromatic N) is 1. The molecule has 3 rings (SSSR count). The lowest BCUT2D eigenvalue weighted by molar-refractivity contribution is -0.123. The molecule has 1 fully saturated rings. The van der Waals surface area contributed by atoms with Crippen LogP contribution in [0, 0.1) is 0 Å². The number of carbonyl (C=O) groups is 1. The Morgan fingerprint density at radius 2 is 2.00 bits per heavy atom. The molecule has 1 aromatic carbocycles. The van der Waals surface area contributed by atoms with Crippen LogP contribution in [0.15, 0.2) is 24.3 Å². The maximum atomic E-state index is 11.6. The Labute approximate surface area is 96.3 Å². The molecule has 0 saturated carbocycles. The molecule has 1 aromatic rings. The van der Waals surface area contributed by atoms with Crippen LogP contribution in [-0.2, 0) is 4.79 Å². The molecule has 2 atom stereocenters. The fourth-order valence-electron chi connectivity index (χ4n) is 3.11. The Balaban J connectivity index is 2.03. The normalized spacial score (nSPS) is 29.7. The van der Waals surface area contributed by atoms with Crippen LogP contribution in [0.4, 0.5) is 0 Å². The number of hydrogen-bond donors (Lipinski definition) is 0. The standard InChI is InChI=1S/C14H17NO/c1-10-9-15-7-6-11(16)8-14(15)13-5-3-2-4-12(10)13/h2-5,10,14H,6-9H2,1H3/t10-,14+/m1/s1. The Morgan fingerprint density at radius 3 is 2.81 bits per heavy atom. The van der Waals surface area contributed by atoms with Crippen LogP contribution in [0.3, 0.4) is 0 Å². The molecule has 2 heteroatoms. The average molecular weight is 215 g/mol. The Bertz CT molecular complexity index is 426. The number of rotatable bonds is 0. The molecule has 84 valence electrons. The molecule has 2 aliphatic rings. The zero-order valence-corrected chi connectivity index (χ0v) is 9.65. The van der Waals surface area contributed by atoms with Crippen molar-refractivity contribution >= 4 is 5.78 Å². The third-order valence-corrected chi connectivity index (χ3v) is 3.93. The minimum Gasteiger partial charge on any atom is -0.300 e. The molecular formula is C14H17NO. The van der Waals surface area contributed by atoms with E-state index in [0.29, 0.717) is 24.2 Å². The van der Waals surface area contributed by atoms with Gasteiger partial charge in [0.1, 0.15) is 5.78 Å². The Kier molecular flexibility index (Phi) is 2.32. The predicted octanol–water partition coefficient (Wildman–Crippen LogP) is 2.51. The molecule has 2 nitrogen and oxygen atoms in total. The molecule has 1 saturated heterocycles. The molecule has 0 bridgehead atoms. The van der Waals surface area contributed by atoms with Crippen molar-refractivity contribution in [2.45, 2.75) is 31.7 Å². The van der Waals surface area contributed by atoms with Crippen LogP contribution in [0.5, 0.6) is 0 Å². The summed E-state index contributed by atoms with van der Waals surface area (Å²) in [6, 6.07) is 8.97. The van der Waals surface area contributed by atoms with Crippen LogP contribution in [0.1, 0.15) is 42.9 Å². The van der Waals surface area contributed by atoms with Gasteiger partial charge in [-0.2, -0.15) is 0 Å². The summed E-state index contributed by atoms with van der Waals surface area (Å²) in [6.45, 7) is 4.34. The van der Waals surface area contributed by atoms with E-state index in [2.05, 4.69) is 36.1 Å². The number of fused-ring (bicyclic) bond motifs is 3. The van der Waals surface area contributed by atoms with Gasteiger partial charge >= 0.3 is 0 Å². The number of hydrogen-bond acceptors (Lipinski definition) is 2.